The van der Waals surface area contributed by atoms with E-state index in [2.05, 4.69) is 193 Å². The van der Waals surface area contributed by atoms with Gasteiger partial charge in [0.05, 0.1) is 33.4 Å². The van der Waals surface area contributed by atoms with E-state index in [1.165, 1.54) is 99.5 Å². The quantitative estimate of drug-likeness (QED) is 0.148. The van der Waals surface area contributed by atoms with Crippen LogP contribution < -0.4 is 0 Å². The predicted molar refractivity (Wildman–Crippen MR) is 234 cm³/mol. The van der Waals surface area contributed by atoms with Crippen molar-refractivity contribution < 1.29 is 0 Å². The molecule has 278 valence electrons. The van der Waals surface area contributed by atoms with Crippen LogP contribution in [0.25, 0.3) is 55.0 Å². The monoisotopic (exact) mass is 712 g/mol. The molecule has 0 atom stereocenters. The molecule has 0 spiro atoms. The molecule has 4 heterocycles. The van der Waals surface area contributed by atoms with Crippen molar-refractivity contribution in [2.45, 2.75) is 143 Å². The van der Waals surface area contributed by atoms with Crippen LogP contribution >= 0.6 is 0 Å². The van der Waals surface area contributed by atoms with Crippen molar-refractivity contribution >= 4 is 43.6 Å². The molecule has 0 N–H and O–H groups in total. The largest absolute Gasteiger partial charge is 0.309 e. The van der Waals surface area contributed by atoms with Crippen LogP contribution in [0.5, 0.6) is 0 Å². The van der Waals surface area contributed by atoms with Crippen LogP contribution in [0.15, 0.2) is 72.8 Å². The van der Waals surface area contributed by atoms with E-state index in [0.717, 1.165) is 0 Å². The fourth-order valence-corrected chi connectivity index (χ4v) is 9.79. The van der Waals surface area contributed by atoms with Gasteiger partial charge in [-0.15, -0.1) is 0 Å². The first-order valence-corrected chi connectivity index (χ1v) is 20.3. The van der Waals surface area contributed by atoms with Gasteiger partial charge in [0, 0.05) is 32.4 Å². The Morgan fingerprint density at radius 2 is 0.667 bits per heavy atom. The van der Waals surface area contributed by atoms with Crippen LogP contribution in [0.1, 0.15) is 155 Å². The summed E-state index contributed by atoms with van der Waals surface area (Å²) in [6.45, 7) is 38.0. The fourth-order valence-electron chi connectivity index (χ4n) is 9.79. The summed E-state index contributed by atoms with van der Waals surface area (Å²) in [7, 11) is 0. The minimum absolute atomic E-state index is 0.0220. The van der Waals surface area contributed by atoms with Crippen LogP contribution in [0, 0.1) is 0 Å². The standard InChI is InChI=1S/C52H60N2/c1-47(2,3)29-17-19-41-33(21-29)35-23-31(49(7,8)9)25-39-45(35)53(41)43-27-38-44(28-37(43)51(39,13)14)54-42-20-18-30(48(4,5)6)22-34(42)36-24-32(50(10,11)12)26-40(46(36)54)52(38,15)16/h17-28H,1-16H3. The molecule has 7 aromatic rings. The minimum atomic E-state index is -0.219. The molecule has 0 bridgehead atoms. The van der Waals surface area contributed by atoms with Gasteiger partial charge in [0.15, 0.2) is 0 Å². The van der Waals surface area contributed by atoms with E-state index in [9.17, 15) is 0 Å². The van der Waals surface area contributed by atoms with Crippen LogP contribution in [0.2, 0.25) is 0 Å². The normalized spacial score (nSPS) is 16.4. The van der Waals surface area contributed by atoms with Crippen LogP contribution in [0.4, 0.5) is 0 Å². The topological polar surface area (TPSA) is 9.86 Å². The van der Waals surface area contributed by atoms with Gasteiger partial charge in [-0.25, -0.2) is 0 Å². The Labute approximate surface area is 323 Å². The summed E-state index contributed by atoms with van der Waals surface area (Å²) in [5.41, 5.74) is 18.9. The molecule has 2 nitrogen and oxygen atoms in total. The highest BCUT2D eigenvalue weighted by Gasteiger charge is 2.42. The van der Waals surface area contributed by atoms with E-state index in [4.69, 9.17) is 0 Å². The van der Waals surface area contributed by atoms with Crippen molar-refractivity contribution in [1.82, 2.24) is 9.13 Å². The Morgan fingerprint density at radius 1 is 0.352 bits per heavy atom. The molecular formula is C52H60N2. The SMILES string of the molecule is CC(C)(C)c1ccc2c(c1)c1cc(C(C)(C)C)cc3c1n2-c1cc2c(cc1C3(C)C)-n1c3ccc(C(C)(C)C)cc3c3cc(C(C)(C)C)cc(c31)C2(C)C. The molecule has 0 radical (unpaired) electrons. The number of benzene rings is 5. The second-order valence-electron chi connectivity index (χ2n) is 22.1. The van der Waals surface area contributed by atoms with Gasteiger partial charge in [-0.1, -0.05) is 135 Å². The lowest BCUT2D eigenvalue weighted by Crippen LogP contribution is -2.31. The van der Waals surface area contributed by atoms with Gasteiger partial charge in [-0.05, 0) is 115 Å². The third-order valence-electron chi connectivity index (χ3n) is 13.5. The van der Waals surface area contributed by atoms with Crippen molar-refractivity contribution in [3.05, 3.63) is 117 Å². The van der Waals surface area contributed by atoms with Gasteiger partial charge in [0.2, 0.25) is 0 Å². The predicted octanol–water partition coefficient (Wildman–Crippen LogP) is 14.3. The van der Waals surface area contributed by atoms with E-state index in [1.54, 1.807) is 0 Å². The molecule has 2 aliphatic rings. The Bertz CT molecular complexity index is 2580. The number of nitrogens with zero attached hydrogens (tertiary/aromatic N) is 2. The van der Waals surface area contributed by atoms with Gasteiger partial charge in [0.1, 0.15) is 0 Å². The third-order valence-corrected chi connectivity index (χ3v) is 13.5. The summed E-state index contributed by atoms with van der Waals surface area (Å²) in [5, 5.41) is 5.47. The summed E-state index contributed by atoms with van der Waals surface area (Å²) in [6, 6.07) is 29.8. The molecule has 0 saturated heterocycles. The summed E-state index contributed by atoms with van der Waals surface area (Å²) in [5.74, 6) is 0. The molecule has 0 aliphatic carbocycles. The molecule has 0 amide bonds. The average molecular weight is 713 g/mol. The van der Waals surface area contributed by atoms with E-state index in [0.29, 0.717) is 0 Å². The fraction of sp³-hybridized carbons (Fsp3) is 0.423. The molecule has 0 unspecified atom stereocenters. The van der Waals surface area contributed by atoms with Gasteiger partial charge in [-0.3, -0.25) is 0 Å². The van der Waals surface area contributed by atoms with Crippen LogP contribution in [-0.4, -0.2) is 9.13 Å². The molecule has 2 aliphatic heterocycles. The molecule has 9 rings (SSSR count). The lowest BCUT2D eigenvalue weighted by atomic mass is 9.69. The summed E-state index contributed by atoms with van der Waals surface area (Å²) in [6.07, 6.45) is 0. The Balaban J connectivity index is 1.45. The highest BCUT2D eigenvalue weighted by Crippen LogP contribution is 2.55. The van der Waals surface area contributed by atoms with E-state index < -0.39 is 0 Å². The van der Waals surface area contributed by atoms with E-state index in [1.807, 2.05) is 0 Å². The van der Waals surface area contributed by atoms with E-state index >= 15 is 0 Å². The molecule has 2 heteroatoms. The maximum atomic E-state index is 2.63. The van der Waals surface area contributed by atoms with Gasteiger partial charge >= 0.3 is 0 Å². The lowest BCUT2D eigenvalue weighted by Gasteiger charge is -2.40. The molecule has 0 fully saturated rings. The summed E-state index contributed by atoms with van der Waals surface area (Å²) in [4.78, 5) is 0. The second kappa shape index (κ2) is 10.3. The van der Waals surface area contributed by atoms with Gasteiger partial charge < -0.3 is 9.13 Å². The van der Waals surface area contributed by atoms with Gasteiger partial charge in [-0.2, -0.15) is 0 Å². The Hall–Kier alpha value is -4.30. The maximum Gasteiger partial charge on any atom is 0.0582 e. The third kappa shape index (κ3) is 4.64. The number of hydrogen-bond donors (Lipinski definition) is 0. The van der Waals surface area contributed by atoms with Gasteiger partial charge in [0.25, 0.3) is 0 Å². The number of aromatic nitrogens is 2. The zero-order valence-corrected chi connectivity index (χ0v) is 35.8. The number of rotatable bonds is 0. The molecule has 54 heavy (non-hydrogen) atoms. The number of hydrogen-bond acceptors (Lipinski definition) is 0. The summed E-state index contributed by atoms with van der Waals surface area (Å²) >= 11 is 0. The zero-order chi connectivity index (χ0) is 39.0. The lowest BCUT2D eigenvalue weighted by molar-refractivity contribution is 0.577. The molecule has 0 saturated carbocycles. The smallest absolute Gasteiger partial charge is 0.0582 e. The zero-order valence-electron chi connectivity index (χ0n) is 35.8. The van der Waals surface area contributed by atoms with Crippen molar-refractivity contribution in [2.24, 2.45) is 0 Å². The van der Waals surface area contributed by atoms with Crippen molar-refractivity contribution in [1.29, 1.82) is 0 Å². The Kier molecular flexibility index (Phi) is 6.76. The van der Waals surface area contributed by atoms with Crippen molar-refractivity contribution in [3.8, 4) is 11.4 Å². The first-order chi connectivity index (χ1) is 24.8. The van der Waals surface area contributed by atoms with Crippen LogP contribution in [-0.2, 0) is 32.5 Å². The highest BCUT2D eigenvalue weighted by atomic mass is 15.0. The first kappa shape index (κ1) is 35.4. The van der Waals surface area contributed by atoms with Crippen molar-refractivity contribution in [3.63, 3.8) is 0 Å². The average Bonchev–Trinajstić information content (AvgIpc) is 3.56. The Morgan fingerprint density at radius 3 is 0.981 bits per heavy atom. The molecule has 2 aromatic heterocycles. The highest BCUT2D eigenvalue weighted by molar-refractivity contribution is 6.14. The minimum Gasteiger partial charge on any atom is -0.309 e. The van der Waals surface area contributed by atoms with Crippen LogP contribution in [0.3, 0.4) is 0 Å². The number of fused-ring (bicyclic) bond motifs is 10. The first-order valence-electron chi connectivity index (χ1n) is 20.3. The molecule has 5 aromatic carbocycles. The second-order valence-corrected chi connectivity index (χ2v) is 22.1. The maximum absolute atomic E-state index is 2.63. The van der Waals surface area contributed by atoms with Crippen molar-refractivity contribution in [2.75, 3.05) is 0 Å². The summed E-state index contributed by atoms with van der Waals surface area (Å²) < 4.78 is 5.27. The molecular weight excluding hydrogens is 653 g/mol. The van der Waals surface area contributed by atoms with E-state index in [-0.39, 0.29) is 32.5 Å².